The van der Waals surface area contributed by atoms with Crippen LogP contribution in [0.1, 0.15) is 40.0 Å². The summed E-state index contributed by atoms with van der Waals surface area (Å²) in [7, 11) is 0. The summed E-state index contributed by atoms with van der Waals surface area (Å²) in [6.07, 6.45) is 1.26. The predicted octanol–water partition coefficient (Wildman–Crippen LogP) is 1.41. The molecule has 88 valence electrons. The highest BCUT2D eigenvalue weighted by molar-refractivity contribution is 5.78. The molecule has 5 nitrogen and oxygen atoms in total. The number of Topliss-reactive ketones (excluding diaryl/α,β-unsaturated/α-hetero) is 1. The Morgan fingerprint density at radius 3 is 2.40 bits per heavy atom. The maximum absolute atomic E-state index is 11.2. The van der Waals surface area contributed by atoms with Crippen LogP contribution in [0.4, 0.5) is 0 Å². The van der Waals surface area contributed by atoms with Gasteiger partial charge in [-0.1, -0.05) is 0 Å². The van der Waals surface area contributed by atoms with E-state index in [1.807, 2.05) is 0 Å². The minimum atomic E-state index is -1.08. The zero-order valence-corrected chi connectivity index (χ0v) is 9.52. The number of ketones is 1. The van der Waals surface area contributed by atoms with E-state index in [-0.39, 0.29) is 29.7 Å². The van der Waals surface area contributed by atoms with Crippen molar-refractivity contribution in [3.8, 4) is 0 Å². The zero-order valence-electron chi connectivity index (χ0n) is 9.52. The maximum Gasteiger partial charge on any atom is 0.217 e. The van der Waals surface area contributed by atoms with Crippen LogP contribution in [-0.4, -0.2) is 28.0 Å². The molecule has 5 heteroatoms. The van der Waals surface area contributed by atoms with Crippen LogP contribution >= 0.6 is 0 Å². The number of carbonyl (C=O) groups is 1. The third-order valence-electron chi connectivity index (χ3n) is 2.53. The Bertz CT molecular complexity index is 238. The first-order valence-corrected chi connectivity index (χ1v) is 5.07. The topological polar surface area (TPSA) is 80.4 Å². The summed E-state index contributed by atoms with van der Waals surface area (Å²) in [6, 6.07) is 0. The lowest BCUT2D eigenvalue weighted by molar-refractivity contribution is -0.562. The number of aliphatic hydroxyl groups excluding tert-OH is 1. The number of aliphatic hydroxyl groups is 1. The zero-order chi connectivity index (χ0) is 12.1. The molecule has 1 N–H and O–H groups in total. The van der Waals surface area contributed by atoms with E-state index in [1.54, 1.807) is 0 Å². The lowest BCUT2D eigenvalue weighted by Gasteiger charge is -2.21. The van der Waals surface area contributed by atoms with Crippen molar-refractivity contribution in [2.75, 3.05) is 6.61 Å². The number of hydrogen-bond donors (Lipinski definition) is 1. The summed E-state index contributed by atoms with van der Waals surface area (Å²) in [6.45, 7) is 4.49. The molecule has 0 spiro atoms. The average Bonchev–Trinajstić information content (AvgIpc) is 2.11. The number of hydrogen-bond acceptors (Lipinski definition) is 4. The van der Waals surface area contributed by atoms with Crippen LogP contribution in [-0.2, 0) is 4.79 Å². The predicted molar refractivity (Wildman–Crippen MR) is 56.2 cm³/mol. The molecule has 0 aliphatic rings. The second kappa shape index (κ2) is 5.80. The standard InChI is InChI=1S/C10H19NO4/c1-8(13)9(5-4-6-12)7-10(2,3)11(14)15/h9,12H,4-7H2,1-3H3. The molecule has 1 unspecified atom stereocenters. The molecule has 0 fully saturated rings. The lowest BCUT2D eigenvalue weighted by Crippen LogP contribution is -2.35. The first-order valence-electron chi connectivity index (χ1n) is 5.07. The Morgan fingerprint density at radius 2 is 2.07 bits per heavy atom. The highest BCUT2D eigenvalue weighted by Crippen LogP contribution is 2.23. The highest BCUT2D eigenvalue weighted by Gasteiger charge is 2.35. The summed E-state index contributed by atoms with van der Waals surface area (Å²) in [5, 5.41) is 19.4. The number of carbonyl (C=O) groups excluding carboxylic acids is 1. The molecule has 0 aromatic heterocycles. The van der Waals surface area contributed by atoms with Crippen molar-refractivity contribution < 1.29 is 14.8 Å². The molecule has 1 atom stereocenters. The van der Waals surface area contributed by atoms with Crippen molar-refractivity contribution in [2.45, 2.75) is 45.6 Å². The van der Waals surface area contributed by atoms with Gasteiger partial charge in [-0.05, 0) is 19.8 Å². The Morgan fingerprint density at radius 1 is 1.53 bits per heavy atom. The first kappa shape index (κ1) is 14.0. The van der Waals surface area contributed by atoms with Gasteiger partial charge in [0.15, 0.2) is 0 Å². The fraction of sp³-hybridized carbons (Fsp3) is 0.900. The van der Waals surface area contributed by atoms with Crippen LogP contribution in [0, 0.1) is 16.0 Å². The Hall–Kier alpha value is -0.970. The van der Waals surface area contributed by atoms with E-state index in [4.69, 9.17) is 5.11 Å². The molecule has 0 aliphatic heterocycles. The lowest BCUT2D eigenvalue weighted by atomic mass is 9.86. The summed E-state index contributed by atoms with van der Waals surface area (Å²) in [4.78, 5) is 21.6. The fourth-order valence-electron chi connectivity index (χ4n) is 1.46. The van der Waals surface area contributed by atoms with Gasteiger partial charge in [-0.3, -0.25) is 14.9 Å². The molecular weight excluding hydrogens is 198 g/mol. The Labute approximate surface area is 89.6 Å². The molecule has 0 heterocycles. The van der Waals surface area contributed by atoms with Crippen LogP contribution in [0.25, 0.3) is 0 Å². The minimum absolute atomic E-state index is 0.0165. The van der Waals surface area contributed by atoms with Crippen LogP contribution in [0.5, 0.6) is 0 Å². The van der Waals surface area contributed by atoms with Gasteiger partial charge in [0.25, 0.3) is 0 Å². The van der Waals surface area contributed by atoms with Gasteiger partial charge in [-0.15, -0.1) is 0 Å². The van der Waals surface area contributed by atoms with E-state index in [0.29, 0.717) is 12.8 Å². The normalized spacial score (nSPS) is 13.6. The number of nitro groups is 1. The van der Waals surface area contributed by atoms with Gasteiger partial charge < -0.3 is 5.11 Å². The van der Waals surface area contributed by atoms with E-state index in [0.717, 1.165) is 0 Å². The second-order valence-electron chi connectivity index (χ2n) is 4.45. The third kappa shape index (κ3) is 4.88. The highest BCUT2D eigenvalue weighted by atomic mass is 16.6. The van der Waals surface area contributed by atoms with Crippen molar-refractivity contribution in [1.29, 1.82) is 0 Å². The van der Waals surface area contributed by atoms with Crippen molar-refractivity contribution in [3.63, 3.8) is 0 Å². The van der Waals surface area contributed by atoms with Crippen molar-refractivity contribution in [2.24, 2.45) is 5.92 Å². The summed E-state index contributed by atoms with van der Waals surface area (Å²) < 4.78 is 0. The van der Waals surface area contributed by atoms with E-state index >= 15 is 0 Å². The molecule has 0 bridgehead atoms. The molecular formula is C10H19NO4. The molecule has 0 aromatic rings. The molecule has 0 radical (unpaired) electrons. The van der Waals surface area contributed by atoms with Gasteiger partial charge in [-0.2, -0.15) is 0 Å². The first-order chi connectivity index (χ1) is 6.81. The van der Waals surface area contributed by atoms with E-state index in [9.17, 15) is 14.9 Å². The molecule has 0 saturated heterocycles. The molecule has 0 amide bonds. The van der Waals surface area contributed by atoms with Gasteiger partial charge in [-0.25, -0.2) is 0 Å². The van der Waals surface area contributed by atoms with Gasteiger partial charge in [0.2, 0.25) is 5.54 Å². The van der Waals surface area contributed by atoms with Crippen LogP contribution in [0.3, 0.4) is 0 Å². The van der Waals surface area contributed by atoms with E-state index in [2.05, 4.69) is 0 Å². The molecule has 0 aromatic carbocycles. The summed E-state index contributed by atoms with van der Waals surface area (Å²) in [5.74, 6) is -0.365. The largest absolute Gasteiger partial charge is 0.396 e. The molecule has 0 aliphatic carbocycles. The number of rotatable bonds is 7. The van der Waals surface area contributed by atoms with Crippen LogP contribution < -0.4 is 0 Å². The second-order valence-corrected chi connectivity index (χ2v) is 4.45. The van der Waals surface area contributed by atoms with E-state index < -0.39 is 5.54 Å². The van der Waals surface area contributed by atoms with Crippen molar-refractivity contribution in [1.82, 2.24) is 0 Å². The quantitative estimate of drug-likeness (QED) is 0.516. The van der Waals surface area contributed by atoms with Crippen LogP contribution in [0.2, 0.25) is 0 Å². The molecule has 0 saturated carbocycles. The SMILES string of the molecule is CC(=O)C(CCCO)CC(C)(C)[N+](=O)[O-]. The summed E-state index contributed by atoms with van der Waals surface area (Å²) in [5.41, 5.74) is -1.08. The Balaban J connectivity index is 4.40. The van der Waals surface area contributed by atoms with Crippen molar-refractivity contribution >= 4 is 5.78 Å². The summed E-state index contributed by atoms with van der Waals surface area (Å²) >= 11 is 0. The van der Waals surface area contributed by atoms with Gasteiger partial charge in [0.05, 0.1) is 0 Å². The number of nitrogens with zero attached hydrogens (tertiary/aromatic N) is 1. The average molecular weight is 217 g/mol. The van der Waals surface area contributed by atoms with Gasteiger partial charge >= 0.3 is 0 Å². The fourth-order valence-corrected chi connectivity index (χ4v) is 1.46. The van der Waals surface area contributed by atoms with Gasteiger partial charge in [0, 0.05) is 37.7 Å². The Kier molecular flexibility index (Phi) is 5.43. The maximum atomic E-state index is 11.2. The monoisotopic (exact) mass is 217 g/mol. The molecule has 15 heavy (non-hydrogen) atoms. The minimum Gasteiger partial charge on any atom is -0.396 e. The smallest absolute Gasteiger partial charge is 0.217 e. The third-order valence-corrected chi connectivity index (χ3v) is 2.53. The van der Waals surface area contributed by atoms with E-state index in [1.165, 1.54) is 20.8 Å². The van der Waals surface area contributed by atoms with Gasteiger partial charge in [0.1, 0.15) is 5.78 Å². The molecule has 0 rings (SSSR count). The van der Waals surface area contributed by atoms with Crippen LogP contribution in [0.15, 0.2) is 0 Å². The van der Waals surface area contributed by atoms with Crippen molar-refractivity contribution in [3.05, 3.63) is 10.1 Å².